The summed E-state index contributed by atoms with van der Waals surface area (Å²) in [6.07, 6.45) is 13.2. The van der Waals surface area contributed by atoms with Gasteiger partial charge in [0, 0.05) is 11.1 Å². The van der Waals surface area contributed by atoms with Crippen molar-refractivity contribution in [1.29, 1.82) is 0 Å². The van der Waals surface area contributed by atoms with Gasteiger partial charge < -0.3 is 9.84 Å². The number of phenols is 1. The highest BCUT2D eigenvalue weighted by atomic mass is 19.3. The highest BCUT2D eigenvalue weighted by Gasteiger charge is 2.45. The first-order valence-corrected chi connectivity index (χ1v) is 15.4. The Morgan fingerprint density at radius 2 is 1.43 bits per heavy atom. The average molecular weight is 521 g/mol. The van der Waals surface area contributed by atoms with Gasteiger partial charge in [0.05, 0.1) is 5.92 Å². The van der Waals surface area contributed by atoms with Crippen LogP contribution in [0.5, 0.6) is 11.5 Å². The predicted molar refractivity (Wildman–Crippen MR) is 151 cm³/mol. The predicted octanol–water partition coefficient (Wildman–Crippen LogP) is 10.8. The Bertz CT molecular complexity index is 825. The van der Waals surface area contributed by atoms with Gasteiger partial charge in [-0.15, -0.1) is 0 Å². The van der Waals surface area contributed by atoms with E-state index in [0.29, 0.717) is 29.9 Å². The van der Waals surface area contributed by atoms with E-state index in [4.69, 9.17) is 4.74 Å². The molecule has 0 aromatic heterocycles. The minimum atomic E-state index is -3.19. The summed E-state index contributed by atoms with van der Waals surface area (Å²) in [6, 6.07) is 3.22. The first-order valence-electron chi connectivity index (χ1n) is 15.4. The zero-order valence-electron chi connectivity index (χ0n) is 24.6. The number of ether oxygens (including phenoxy) is 1. The number of aromatic hydroxyl groups is 1. The fourth-order valence-electron chi connectivity index (χ4n) is 6.85. The third kappa shape index (κ3) is 8.33. The number of hydrogen-bond acceptors (Lipinski definition) is 2. The van der Waals surface area contributed by atoms with Crippen molar-refractivity contribution in [1.82, 2.24) is 0 Å². The molecule has 0 unspecified atom stereocenters. The highest BCUT2D eigenvalue weighted by Crippen LogP contribution is 2.47. The molecule has 2 aliphatic rings. The lowest BCUT2D eigenvalue weighted by Crippen LogP contribution is -2.38. The van der Waals surface area contributed by atoms with Crippen molar-refractivity contribution < 1.29 is 18.6 Å². The van der Waals surface area contributed by atoms with Crippen LogP contribution in [0.2, 0.25) is 0 Å². The van der Waals surface area contributed by atoms with Crippen LogP contribution < -0.4 is 4.74 Å². The van der Waals surface area contributed by atoms with E-state index in [0.717, 1.165) is 24.7 Å². The smallest absolute Gasteiger partial charge is 0.400 e. The van der Waals surface area contributed by atoms with Crippen molar-refractivity contribution in [3.8, 4) is 11.5 Å². The number of unbranched alkanes of at least 4 members (excludes halogenated alkanes) is 4. The standard InChI is InChI=1S/C33H54F2O2/c1-7-8-9-10-11-12-24-13-15-25(16-14-24)26-17-19-27(20-18-26)33(34,35)37-28-21-29(23(2)3)31(36)30(22-28)32(4,5)6/h21-27,36H,7-20H2,1-6H3. The quantitative estimate of drug-likeness (QED) is 0.294. The molecule has 1 aromatic carbocycles. The molecule has 212 valence electrons. The van der Waals surface area contributed by atoms with Crippen LogP contribution in [0.25, 0.3) is 0 Å². The maximum absolute atomic E-state index is 15.4. The minimum absolute atomic E-state index is 0.0184. The number of rotatable bonds is 11. The topological polar surface area (TPSA) is 29.5 Å². The van der Waals surface area contributed by atoms with Crippen LogP contribution in [0.4, 0.5) is 8.78 Å². The third-order valence-corrected chi connectivity index (χ3v) is 9.32. The van der Waals surface area contributed by atoms with E-state index in [2.05, 4.69) is 6.92 Å². The molecular formula is C33H54F2O2. The Labute approximate surface area is 226 Å². The highest BCUT2D eigenvalue weighted by molar-refractivity contribution is 5.50. The number of hydrogen-bond donors (Lipinski definition) is 1. The van der Waals surface area contributed by atoms with Gasteiger partial charge in [-0.3, -0.25) is 0 Å². The summed E-state index contributed by atoms with van der Waals surface area (Å²) >= 11 is 0. The average Bonchev–Trinajstić information content (AvgIpc) is 2.84. The van der Waals surface area contributed by atoms with Gasteiger partial charge in [0.2, 0.25) is 0 Å². The maximum atomic E-state index is 15.4. The molecule has 2 saturated carbocycles. The molecule has 1 aromatic rings. The van der Waals surface area contributed by atoms with Crippen molar-refractivity contribution in [2.24, 2.45) is 23.7 Å². The largest absolute Gasteiger partial charge is 0.507 e. The number of benzene rings is 1. The molecule has 2 nitrogen and oxygen atoms in total. The van der Waals surface area contributed by atoms with Gasteiger partial charge in [0.25, 0.3) is 0 Å². The molecule has 0 amide bonds. The van der Waals surface area contributed by atoms with E-state index in [-0.39, 0.29) is 22.8 Å². The lowest BCUT2D eigenvalue weighted by molar-refractivity contribution is -0.224. The van der Waals surface area contributed by atoms with E-state index < -0.39 is 12.0 Å². The Hall–Kier alpha value is -1.32. The monoisotopic (exact) mass is 520 g/mol. The van der Waals surface area contributed by atoms with Crippen LogP contribution in [0, 0.1) is 23.7 Å². The lowest BCUT2D eigenvalue weighted by Gasteiger charge is -2.39. The van der Waals surface area contributed by atoms with Crippen molar-refractivity contribution in [2.75, 3.05) is 0 Å². The van der Waals surface area contributed by atoms with Gasteiger partial charge in [-0.2, -0.15) is 8.78 Å². The summed E-state index contributed by atoms with van der Waals surface area (Å²) in [4.78, 5) is 0. The molecule has 1 N–H and O–H groups in total. The Balaban J connectivity index is 1.52. The molecule has 0 saturated heterocycles. The van der Waals surface area contributed by atoms with Gasteiger partial charge >= 0.3 is 6.11 Å². The fraction of sp³-hybridized carbons (Fsp3) is 0.818. The van der Waals surface area contributed by atoms with Gasteiger partial charge in [-0.05, 0) is 79.7 Å². The molecule has 0 radical (unpaired) electrons. The molecule has 0 aliphatic heterocycles. The SMILES string of the molecule is CCCCCCCC1CCC(C2CCC(C(F)(F)Oc3cc(C(C)C)c(O)c(C(C)(C)C)c3)CC2)CC1. The molecule has 0 atom stereocenters. The first-order chi connectivity index (χ1) is 17.4. The minimum Gasteiger partial charge on any atom is -0.507 e. The maximum Gasteiger partial charge on any atom is 0.400 e. The second-order valence-corrected chi connectivity index (χ2v) is 13.6. The lowest BCUT2D eigenvalue weighted by atomic mass is 9.68. The zero-order chi connectivity index (χ0) is 27.2. The van der Waals surface area contributed by atoms with E-state index in [9.17, 15) is 5.11 Å². The van der Waals surface area contributed by atoms with Crippen LogP contribution in [0.1, 0.15) is 148 Å². The molecule has 3 rings (SSSR count). The van der Waals surface area contributed by atoms with Crippen molar-refractivity contribution in [3.05, 3.63) is 23.3 Å². The van der Waals surface area contributed by atoms with Gasteiger partial charge in [-0.1, -0.05) is 92.9 Å². The van der Waals surface area contributed by atoms with Crippen LogP contribution in [0.15, 0.2) is 12.1 Å². The van der Waals surface area contributed by atoms with Crippen molar-refractivity contribution in [3.63, 3.8) is 0 Å². The van der Waals surface area contributed by atoms with E-state index >= 15 is 8.78 Å². The molecule has 2 fully saturated rings. The summed E-state index contributed by atoms with van der Waals surface area (Å²) < 4.78 is 36.2. The number of alkyl halides is 2. The van der Waals surface area contributed by atoms with Crippen LogP contribution in [-0.4, -0.2) is 11.2 Å². The molecule has 2 aliphatic carbocycles. The summed E-state index contributed by atoms with van der Waals surface area (Å²) in [7, 11) is 0. The molecule has 0 spiro atoms. The Kier molecular flexibility index (Phi) is 10.7. The number of phenolic OH excluding ortho intramolecular Hbond substituents is 1. The fourth-order valence-corrected chi connectivity index (χ4v) is 6.85. The summed E-state index contributed by atoms with van der Waals surface area (Å²) in [6.45, 7) is 12.1. The van der Waals surface area contributed by atoms with Gasteiger partial charge in [0.1, 0.15) is 11.5 Å². The summed E-state index contributed by atoms with van der Waals surface area (Å²) in [5.41, 5.74) is 0.956. The third-order valence-electron chi connectivity index (χ3n) is 9.32. The zero-order valence-corrected chi connectivity index (χ0v) is 24.6. The van der Waals surface area contributed by atoms with Crippen LogP contribution in [0.3, 0.4) is 0 Å². The van der Waals surface area contributed by atoms with Gasteiger partial charge in [-0.25, -0.2) is 0 Å². The molecule has 0 heterocycles. The van der Waals surface area contributed by atoms with Crippen molar-refractivity contribution in [2.45, 2.75) is 149 Å². The van der Waals surface area contributed by atoms with E-state index in [1.54, 1.807) is 12.1 Å². The second kappa shape index (κ2) is 13.2. The van der Waals surface area contributed by atoms with Crippen LogP contribution >= 0.6 is 0 Å². The van der Waals surface area contributed by atoms with E-state index in [1.807, 2.05) is 34.6 Å². The molecule has 0 bridgehead atoms. The van der Waals surface area contributed by atoms with Crippen molar-refractivity contribution >= 4 is 0 Å². The second-order valence-electron chi connectivity index (χ2n) is 13.6. The van der Waals surface area contributed by atoms with Crippen LogP contribution in [-0.2, 0) is 5.41 Å². The number of halogens is 2. The Morgan fingerprint density at radius 1 is 0.865 bits per heavy atom. The first kappa shape index (κ1) is 30.2. The Morgan fingerprint density at radius 3 is 1.97 bits per heavy atom. The molecule has 37 heavy (non-hydrogen) atoms. The summed E-state index contributed by atoms with van der Waals surface area (Å²) in [5, 5.41) is 10.8. The van der Waals surface area contributed by atoms with Gasteiger partial charge in [0.15, 0.2) is 0 Å². The normalized spacial score (nSPS) is 25.4. The molecule has 4 heteroatoms. The molecular weight excluding hydrogens is 466 g/mol. The van der Waals surface area contributed by atoms with E-state index in [1.165, 1.54) is 64.2 Å². The summed E-state index contributed by atoms with van der Waals surface area (Å²) in [5.74, 6) is 1.88.